The van der Waals surface area contributed by atoms with Gasteiger partial charge in [-0.25, -0.2) is 13.8 Å². The molecule has 0 radical (unpaired) electrons. The van der Waals surface area contributed by atoms with Crippen LogP contribution >= 0.6 is 0 Å². The predicted octanol–water partition coefficient (Wildman–Crippen LogP) is 2.87. The molecule has 1 heterocycles. The van der Waals surface area contributed by atoms with Crippen LogP contribution < -0.4 is 4.74 Å². The molecule has 1 saturated carbocycles. The van der Waals surface area contributed by atoms with E-state index in [9.17, 15) is 8.78 Å². The predicted molar refractivity (Wildman–Crippen MR) is 52.3 cm³/mol. The Bertz CT molecular complexity index is 351. The Kier molecular flexibility index (Phi) is 2.37. The number of aromatic nitrogens is 1. The van der Waals surface area contributed by atoms with Crippen LogP contribution in [0.5, 0.6) is 5.88 Å². The smallest absolute Gasteiger partial charge is 0.255 e. The van der Waals surface area contributed by atoms with Crippen LogP contribution in [0.1, 0.15) is 24.1 Å². The maximum atomic E-state index is 12.5. The summed E-state index contributed by atoms with van der Waals surface area (Å²) in [4.78, 5) is 4.14. The summed E-state index contributed by atoms with van der Waals surface area (Å²) < 4.78 is 30.5. The zero-order chi connectivity index (χ0) is 11.1. The molecule has 0 unspecified atom stereocenters. The highest BCUT2D eigenvalue weighted by Gasteiger charge is 2.47. The first kappa shape index (κ1) is 10.3. The minimum atomic E-state index is -2.54. The molecule has 82 valence electrons. The van der Waals surface area contributed by atoms with E-state index in [0.717, 1.165) is 11.3 Å². The zero-order valence-corrected chi connectivity index (χ0v) is 8.76. The fourth-order valence-corrected chi connectivity index (χ4v) is 1.73. The number of pyridine rings is 1. The highest BCUT2D eigenvalue weighted by Crippen LogP contribution is 2.39. The second-order valence-corrected chi connectivity index (χ2v) is 4.13. The molecule has 2 nitrogen and oxygen atoms in total. The van der Waals surface area contributed by atoms with Crippen molar-refractivity contribution in [2.75, 3.05) is 0 Å². The molecule has 1 aromatic rings. The molecule has 1 aromatic heterocycles. The van der Waals surface area contributed by atoms with Crippen molar-refractivity contribution < 1.29 is 13.5 Å². The molecule has 0 bridgehead atoms. The van der Waals surface area contributed by atoms with Gasteiger partial charge in [-0.3, -0.25) is 0 Å². The third-order valence-corrected chi connectivity index (χ3v) is 2.41. The largest absolute Gasteiger partial charge is 0.474 e. The number of aryl methyl sites for hydroxylation is 2. The van der Waals surface area contributed by atoms with Crippen LogP contribution in [0, 0.1) is 13.8 Å². The van der Waals surface area contributed by atoms with E-state index >= 15 is 0 Å². The van der Waals surface area contributed by atoms with Crippen molar-refractivity contribution in [3.05, 3.63) is 23.4 Å². The number of alkyl halides is 2. The van der Waals surface area contributed by atoms with Gasteiger partial charge in [-0.05, 0) is 25.5 Å². The number of nitrogens with zero attached hydrogens (tertiary/aromatic N) is 1. The highest BCUT2D eigenvalue weighted by molar-refractivity contribution is 5.23. The summed E-state index contributed by atoms with van der Waals surface area (Å²) in [6.07, 6.45) is -0.766. The van der Waals surface area contributed by atoms with Crippen molar-refractivity contribution in [2.45, 2.75) is 38.7 Å². The number of ether oxygens (including phenoxy) is 1. The summed E-state index contributed by atoms with van der Waals surface area (Å²) in [5, 5.41) is 0. The van der Waals surface area contributed by atoms with Gasteiger partial charge in [0.25, 0.3) is 5.92 Å². The Hall–Kier alpha value is -1.19. The molecule has 1 aliphatic carbocycles. The molecule has 0 aromatic carbocycles. The van der Waals surface area contributed by atoms with Crippen LogP contribution in [0.25, 0.3) is 0 Å². The average Bonchev–Trinajstić information content (AvgIpc) is 1.97. The third kappa shape index (κ3) is 2.43. The first-order valence-corrected chi connectivity index (χ1v) is 4.94. The van der Waals surface area contributed by atoms with Crippen LogP contribution in [-0.2, 0) is 0 Å². The standard InChI is InChI=1S/C11H13F2NO/c1-7-3-8(2)14-10(4-7)15-9-5-11(12,13)6-9/h3-4,9H,5-6H2,1-2H3. The van der Waals surface area contributed by atoms with E-state index in [1.807, 2.05) is 19.9 Å². The Morgan fingerprint density at radius 2 is 2.00 bits per heavy atom. The Morgan fingerprint density at radius 1 is 1.33 bits per heavy atom. The summed E-state index contributed by atoms with van der Waals surface area (Å²) in [5.74, 6) is -2.09. The van der Waals surface area contributed by atoms with Crippen molar-refractivity contribution in [2.24, 2.45) is 0 Å². The number of hydrogen-bond acceptors (Lipinski definition) is 2. The van der Waals surface area contributed by atoms with E-state index in [2.05, 4.69) is 4.98 Å². The maximum Gasteiger partial charge on any atom is 0.255 e. The van der Waals surface area contributed by atoms with Gasteiger partial charge in [0.05, 0.1) is 0 Å². The first-order valence-electron chi connectivity index (χ1n) is 4.94. The van der Waals surface area contributed by atoms with Gasteiger partial charge in [-0.15, -0.1) is 0 Å². The van der Waals surface area contributed by atoms with Crippen LogP contribution in [0.15, 0.2) is 12.1 Å². The SMILES string of the molecule is Cc1cc(C)nc(OC2CC(F)(F)C2)c1. The van der Waals surface area contributed by atoms with E-state index < -0.39 is 5.92 Å². The molecule has 0 aliphatic heterocycles. The molecule has 0 saturated heterocycles. The number of rotatable bonds is 2. The summed E-state index contributed by atoms with van der Waals surface area (Å²) in [5.41, 5.74) is 1.87. The summed E-state index contributed by atoms with van der Waals surface area (Å²) in [6.45, 7) is 3.78. The number of hydrogen-bond donors (Lipinski definition) is 0. The van der Waals surface area contributed by atoms with Crippen LogP contribution in [0.2, 0.25) is 0 Å². The van der Waals surface area contributed by atoms with Crippen molar-refractivity contribution in [1.29, 1.82) is 0 Å². The lowest BCUT2D eigenvalue weighted by atomic mass is 9.91. The highest BCUT2D eigenvalue weighted by atomic mass is 19.3. The van der Waals surface area contributed by atoms with Gasteiger partial charge < -0.3 is 4.74 Å². The fourth-order valence-electron chi connectivity index (χ4n) is 1.73. The second-order valence-electron chi connectivity index (χ2n) is 4.13. The quantitative estimate of drug-likeness (QED) is 0.753. The molecule has 2 rings (SSSR count). The molecule has 1 fully saturated rings. The van der Waals surface area contributed by atoms with Gasteiger partial charge >= 0.3 is 0 Å². The Morgan fingerprint density at radius 3 is 2.53 bits per heavy atom. The minimum absolute atomic E-state index is 0.193. The second kappa shape index (κ2) is 3.43. The molecule has 0 N–H and O–H groups in total. The van der Waals surface area contributed by atoms with Crippen LogP contribution in [-0.4, -0.2) is 17.0 Å². The third-order valence-electron chi connectivity index (χ3n) is 2.41. The van der Waals surface area contributed by atoms with Crippen LogP contribution in [0.3, 0.4) is 0 Å². The van der Waals surface area contributed by atoms with E-state index in [-0.39, 0.29) is 18.9 Å². The van der Waals surface area contributed by atoms with Gasteiger partial charge in [-0.2, -0.15) is 0 Å². The summed E-state index contributed by atoms with van der Waals surface area (Å²) in [6, 6.07) is 3.69. The Labute approximate surface area is 87.3 Å². The van der Waals surface area contributed by atoms with Gasteiger partial charge in [-0.1, -0.05) is 0 Å². The zero-order valence-electron chi connectivity index (χ0n) is 8.76. The van der Waals surface area contributed by atoms with Gasteiger partial charge in [0.15, 0.2) is 0 Å². The van der Waals surface area contributed by atoms with Crippen molar-refractivity contribution >= 4 is 0 Å². The van der Waals surface area contributed by atoms with E-state index in [1.165, 1.54) is 0 Å². The molecule has 15 heavy (non-hydrogen) atoms. The maximum absolute atomic E-state index is 12.5. The Balaban J connectivity index is 2.00. The topological polar surface area (TPSA) is 22.1 Å². The lowest BCUT2D eigenvalue weighted by molar-refractivity contribution is -0.135. The molecule has 0 atom stereocenters. The molecule has 4 heteroatoms. The lowest BCUT2D eigenvalue weighted by Gasteiger charge is -2.34. The first-order chi connectivity index (χ1) is 6.94. The molecule has 0 spiro atoms. The van der Waals surface area contributed by atoms with Crippen molar-refractivity contribution in [3.63, 3.8) is 0 Å². The molecule has 1 aliphatic rings. The monoisotopic (exact) mass is 213 g/mol. The van der Waals surface area contributed by atoms with Gasteiger partial charge in [0.2, 0.25) is 5.88 Å². The summed E-state index contributed by atoms with van der Waals surface area (Å²) in [7, 11) is 0. The van der Waals surface area contributed by atoms with Crippen LogP contribution in [0.4, 0.5) is 8.78 Å². The van der Waals surface area contributed by atoms with Crippen molar-refractivity contribution in [3.8, 4) is 5.88 Å². The molecular weight excluding hydrogens is 200 g/mol. The lowest BCUT2D eigenvalue weighted by Crippen LogP contribution is -2.43. The van der Waals surface area contributed by atoms with Gasteiger partial charge in [0.1, 0.15) is 6.10 Å². The van der Waals surface area contributed by atoms with E-state index in [0.29, 0.717) is 5.88 Å². The van der Waals surface area contributed by atoms with Crippen molar-refractivity contribution in [1.82, 2.24) is 4.98 Å². The van der Waals surface area contributed by atoms with E-state index in [1.54, 1.807) is 6.07 Å². The molecule has 0 amide bonds. The average molecular weight is 213 g/mol. The number of halogens is 2. The minimum Gasteiger partial charge on any atom is -0.474 e. The molecular formula is C11H13F2NO. The van der Waals surface area contributed by atoms with Gasteiger partial charge in [0, 0.05) is 24.6 Å². The van der Waals surface area contributed by atoms with E-state index in [4.69, 9.17) is 4.74 Å². The normalized spacial score (nSPS) is 19.7. The fraction of sp³-hybridized carbons (Fsp3) is 0.545. The summed E-state index contributed by atoms with van der Waals surface area (Å²) >= 11 is 0.